The summed E-state index contributed by atoms with van der Waals surface area (Å²) in [7, 11) is 0. The Morgan fingerprint density at radius 3 is 1.87 bits per heavy atom. The number of ether oxygens (including phenoxy) is 1. The van der Waals surface area contributed by atoms with Crippen LogP contribution >= 0.6 is 11.6 Å². The summed E-state index contributed by atoms with van der Waals surface area (Å²) in [6.07, 6.45) is 0. The lowest BCUT2D eigenvalue weighted by molar-refractivity contribution is -0.0964. The zero-order chi connectivity index (χ0) is 11.7. The molecule has 0 fully saturated rings. The number of hydrogen-bond acceptors (Lipinski definition) is 1. The van der Waals surface area contributed by atoms with Gasteiger partial charge in [-0.3, -0.25) is 0 Å². The van der Waals surface area contributed by atoms with E-state index in [0.717, 1.165) is 12.1 Å². The summed E-state index contributed by atoms with van der Waals surface area (Å²) in [5.41, 5.74) is -4.81. The number of halogens is 6. The van der Waals surface area contributed by atoms with Gasteiger partial charge in [-0.05, 0) is 12.1 Å². The van der Waals surface area contributed by atoms with E-state index in [9.17, 15) is 21.7 Å². The third kappa shape index (κ3) is 3.95. The Morgan fingerprint density at radius 1 is 1.07 bits per heavy atom. The molecule has 0 amide bonds. The van der Waals surface area contributed by atoms with E-state index < -0.39 is 23.8 Å². The van der Waals surface area contributed by atoms with Gasteiger partial charge >= 0.3 is 12.5 Å². The predicted molar refractivity (Wildman–Crippen MR) is 46.6 cm³/mol. The summed E-state index contributed by atoms with van der Waals surface area (Å²) in [5.74, 6) is -0.432. The van der Waals surface area contributed by atoms with Gasteiger partial charge in [0.25, 0.3) is 0 Å². The Balaban J connectivity index is 2.82. The molecule has 0 aromatic heterocycles. The van der Waals surface area contributed by atoms with Gasteiger partial charge in [0.2, 0.25) is 0 Å². The maximum Gasteiger partial charge on any atom is 0.509 e. The van der Waals surface area contributed by atoms with Crippen LogP contribution in [-0.4, -0.2) is 12.5 Å². The molecule has 0 heterocycles. The van der Waals surface area contributed by atoms with Crippen LogP contribution < -0.4 is 10.2 Å². The zero-order valence-electron chi connectivity index (χ0n) is 7.06. The van der Waals surface area contributed by atoms with Gasteiger partial charge in [-0.1, -0.05) is 12.1 Å². The molecule has 0 aliphatic rings. The monoisotopic (exact) mass is 245 g/mol. The summed E-state index contributed by atoms with van der Waals surface area (Å²) >= 11 is 4.42. The lowest BCUT2D eigenvalue weighted by Gasteiger charge is -2.15. The van der Waals surface area contributed by atoms with Crippen molar-refractivity contribution in [2.75, 3.05) is 0 Å². The van der Waals surface area contributed by atoms with Crippen LogP contribution in [0.1, 0.15) is 0 Å². The molecule has 1 nitrogen and oxygen atoms in total. The minimum absolute atomic E-state index is 0.432. The third-order valence-electron chi connectivity index (χ3n) is 1.49. The molecule has 0 N–H and O–H groups in total. The topological polar surface area (TPSA) is 9.23 Å². The van der Waals surface area contributed by atoms with Crippen molar-refractivity contribution in [2.45, 2.75) is 5.57 Å². The first kappa shape index (κ1) is 12.1. The van der Waals surface area contributed by atoms with Crippen LogP contribution in [0.4, 0.5) is 21.7 Å². The molecule has 0 unspecified atom stereocenters. The highest BCUT2D eigenvalue weighted by Gasteiger charge is 2.28. The number of hydrogen-bond donors (Lipinski definition) is 0. The van der Waals surface area contributed by atoms with E-state index >= 15 is 0 Å². The van der Waals surface area contributed by atoms with Crippen LogP contribution in [0, 0.1) is 0 Å². The van der Waals surface area contributed by atoms with Crippen LogP contribution in [0.2, 0.25) is 0 Å². The fourth-order valence-corrected chi connectivity index (χ4v) is 0.977. The average Bonchev–Trinajstić information content (AvgIpc) is 2.00. The molecule has 0 atom stereocenters. The van der Waals surface area contributed by atoms with Crippen LogP contribution in [0.3, 0.4) is 0 Å². The molecule has 0 bridgehead atoms. The van der Waals surface area contributed by atoms with Crippen molar-refractivity contribution in [1.29, 1.82) is 0 Å². The highest BCUT2D eigenvalue weighted by molar-refractivity contribution is 6.73. The van der Waals surface area contributed by atoms with E-state index in [1.54, 1.807) is 0 Å². The molecule has 84 valence electrons. The Kier molecular flexibility index (Phi) is 3.13. The van der Waals surface area contributed by atoms with Gasteiger partial charge in [0.05, 0.1) is 0 Å². The van der Waals surface area contributed by atoms with Crippen molar-refractivity contribution in [2.24, 2.45) is 0 Å². The smallest absolute Gasteiger partial charge is 0.445 e. The first-order valence-electron chi connectivity index (χ1n) is 3.74. The minimum atomic E-state index is -5.13. The Labute approximate surface area is 86.8 Å². The highest BCUT2D eigenvalue weighted by Crippen LogP contribution is 2.24. The predicted octanol–water partition coefficient (Wildman–Crippen LogP) is 2.91. The summed E-state index contributed by atoms with van der Waals surface area (Å²) < 4.78 is 64.3. The van der Waals surface area contributed by atoms with Crippen LogP contribution in [0.15, 0.2) is 24.3 Å². The standard InChI is InChI=1S/C7H4BClF5O/c9-7(10,11)15-6-3-1-5(2-4-6)8(12,13)14/h1-4H/q-1. The van der Waals surface area contributed by atoms with Gasteiger partial charge in [0.1, 0.15) is 5.75 Å². The molecule has 15 heavy (non-hydrogen) atoms. The maximum atomic E-state index is 12.1. The summed E-state index contributed by atoms with van der Waals surface area (Å²) in [5, 5.41) is 0. The summed E-state index contributed by atoms with van der Waals surface area (Å²) in [4.78, 5) is 0. The molecule has 0 aliphatic heterocycles. The van der Waals surface area contributed by atoms with Gasteiger partial charge in [-0.15, -0.1) is 14.2 Å². The normalized spacial score (nSPS) is 12.7. The second-order valence-electron chi connectivity index (χ2n) is 2.69. The van der Waals surface area contributed by atoms with E-state index in [4.69, 9.17) is 0 Å². The van der Waals surface area contributed by atoms with Crippen LogP contribution in [0.25, 0.3) is 0 Å². The molecular weight excluding hydrogens is 241 g/mol. The van der Waals surface area contributed by atoms with Gasteiger partial charge < -0.3 is 17.7 Å². The van der Waals surface area contributed by atoms with Crippen LogP contribution in [0.5, 0.6) is 5.75 Å². The molecule has 0 radical (unpaired) electrons. The lowest BCUT2D eigenvalue weighted by Crippen LogP contribution is -2.33. The molecule has 1 aromatic rings. The molecular formula is C7H4BClF5O-. The molecule has 1 aromatic carbocycles. The molecule has 0 spiro atoms. The SMILES string of the molecule is F[B-](F)(F)c1ccc(OC(F)(F)Cl)cc1. The molecule has 0 aliphatic carbocycles. The largest absolute Gasteiger partial charge is 0.509 e. The fourth-order valence-electron chi connectivity index (χ4n) is 0.888. The lowest BCUT2D eigenvalue weighted by atomic mass is 9.80. The molecule has 8 heteroatoms. The number of alkyl halides is 3. The van der Waals surface area contributed by atoms with Gasteiger partial charge in [0, 0.05) is 11.6 Å². The quantitative estimate of drug-likeness (QED) is 0.452. The van der Waals surface area contributed by atoms with Crippen LogP contribution in [-0.2, 0) is 0 Å². The van der Waals surface area contributed by atoms with Crippen molar-refractivity contribution in [3.05, 3.63) is 24.3 Å². The van der Waals surface area contributed by atoms with Crippen molar-refractivity contribution in [1.82, 2.24) is 0 Å². The number of benzene rings is 1. The summed E-state index contributed by atoms with van der Waals surface area (Å²) in [6, 6.07) is 2.86. The summed E-state index contributed by atoms with van der Waals surface area (Å²) in [6.45, 7) is -5.13. The Bertz CT molecular complexity index is 331. The van der Waals surface area contributed by atoms with Crippen molar-refractivity contribution < 1.29 is 26.5 Å². The number of rotatable bonds is 3. The fraction of sp³-hybridized carbons (Fsp3) is 0.143. The average molecular weight is 245 g/mol. The Morgan fingerprint density at radius 2 is 1.53 bits per heavy atom. The van der Waals surface area contributed by atoms with E-state index in [1.165, 1.54) is 0 Å². The van der Waals surface area contributed by atoms with Crippen molar-refractivity contribution >= 4 is 24.0 Å². The molecule has 0 saturated carbocycles. The van der Waals surface area contributed by atoms with Gasteiger partial charge in [0.15, 0.2) is 0 Å². The second-order valence-corrected chi connectivity index (χ2v) is 3.13. The molecule has 0 saturated heterocycles. The molecule has 1 rings (SSSR count). The van der Waals surface area contributed by atoms with Crippen molar-refractivity contribution in [3.8, 4) is 5.75 Å². The van der Waals surface area contributed by atoms with Gasteiger partial charge in [-0.25, -0.2) is 0 Å². The van der Waals surface area contributed by atoms with E-state index in [-0.39, 0.29) is 0 Å². The van der Waals surface area contributed by atoms with Gasteiger partial charge in [-0.2, -0.15) is 0 Å². The third-order valence-corrected chi connectivity index (χ3v) is 1.57. The first-order valence-corrected chi connectivity index (χ1v) is 4.12. The zero-order valence-corrected chi connectivity index (χ0v) is 7.82. The highest BCUT2D eigenvalue weighted by atomic mass is 35.5. The van der Waals surface area contributed by atoms with E-state index in [1.807, 2.05) is 0 Å². The minimum Gasteiger partial charge on any atom is -0.445 e. The maximum absolute atomic E-state index is 12.1. The van der Waals surface area contributed by atoms with E-state index in [0.29, 0.717) is 12.1 Å². The van der Waals surface area contributed by atoms with Crippen molar-refractivity contribution in [3.63, 3.8) is 0 Å². The van der Waals surface area contributed by atoms with E-state index in [2.05, 4.69) is 16.3 Å². The Hall–Kier alpha value is -0.975. The first-order chi connectivity index (χ1) is 6.68. The second kappa shape index (κ2) is 3.88.